The van der Waals surface area contributed by atoms with E-state index in [4.69, 9.17) is 5.11 Å². The first-order valence-electron chi connectivity index (χ1n) is 4.78. The molecule has 0 bridgehead atoms. The molecule has 3 N–H and O–H groups in total. The largest absolute Gasteiger partial charge is 0.508 e. The number of rotatable bonds is 4. The number of likely N-dealkylation sites (N-methyl/N-ethyl adjacent to an activating group) is 1. The summed E-state index contributed by atoms with van der Waals surface area (Å²) in [5.41, 5.74) is 0.594. The zero-order valence-corrected chi connectivity index (χ0v) is 8.62. The maximum Gasteiger partial charge on any atom is 0.115 e. The fourth-order valence-electron chi connectivity index (χ4n) is 1.59. The summed E-state index contributed by atoms with van der Waals surface area (Å²) in [4.78, 5) is 0. The summed E-state index contributed by atoms with van der Waals surface area (Å²) in [6, 6.07) is 6.91. The van der Waals surface area contributed by atoms with Gasteiger partial charge in [-0.3, -0.25) is 0 Å². The van der Waals surface area contributed by atoms with Gasteiger partial charge in [0.2, 0.25) is 0 Å². The van der Waals surface area contributed by atoms with Crippen LogP contribution in [0.25, 0.3) is 0 Å². The van der Waals surface area contributed by atoms with Gasteiger partial charge in [-0.1, -0.05) is 19.1 Å². The third-order valence-corrected chi connectivity index (χ3v) is 2.77. The summed E-state index contributed by atoms with van der Waals surface area (Å²) in [6.45, 7) is 2.06. The molecule has 1 unspecified atom stereocenters. The van der Waals surface area contributed by atoms with Gasteiger partial charge in [0, 0.05) is 0 Å². The maximum absolute atomic E-state index is 9.37. The number of aromatic hydroxyl groups is 1. The summed E-state index contributed by atoms with van der Waals surface area (Å²) in [6.07, 6.45) is 0.796. The van der Waals surface area contributed by atoms with Crippen LogP contribution in [0.5, 0.6) is 5.75 Å². The summed E-state index contributed by atoms with van der Waals surface area (Å²) >= 11 is 0. The normalized spacial score (nSPS) is 15.1. The number of benzene rings is 1. The van der Waals surface area contributed by atoms with Gasteiger partial charge in [0.1, 0.15) is 5.75 Å². The number of nitrogens with one attached hydrogen (secondary N) is 1. The summed E-state index contributed by atoms with van der Waals surface area (Å²) < 4.78 is 0. The molecular formula is C11H17NO2. The molecule has 1 rings (SSSR count). The standard InChI is InChI=1S/C11H17NO2/c1-3-11(8-13,12-2)9-4-6-10(14)7-5-9/h4-7,12-14H,3,8H2,1-2H3. The van der Waals surface area contributed by atoms with Crippen LogP contribution in [-0.2, 0) is 5.54 Å². The van der Waals surface area contributed by atoms with Crippen LogP contribution in [0.15, 0.2) is 24.3 Å². The van der Waals surface area contributed by atoms with Gasteiger partial charge < -0.3 is 15.5 Å². The summed E-state index contributed by atoms with van der Waals surface area (Å²) in [5, 5.41) is 21.7. The van der Waals surface area contributed by atoms with Gasteiger partial charge in [-0.05, 0) is 31.2 Å². The van der Waals surface area contributed by atoms with Gasteiger partial charge in [-0.25, -0.2) is 0 Å². The smallest absolute Gasteiger partial charge is 0.115 e. The molecular weight excluding hydrogens is 178 g/mol. The van der Waals surface area contributed by atoms with Crippen LogP contribution in [0.1, 0.15) is 18.9 Å². The zero-order valence-electron chi connectivity index (χ0n) is 8.62. The molecule has 78 valence electrons. The van der Waals surface area contributed by atoms with E-state index in [0.29, 0.717) is 0 Å². The Morgan fingerprint density at radius 1 is 1.29 bits per heavy atom. The molecule has 3 nitrogen and oxygen atoms in total. The molecule has 0 saturated carbocycles. The van der Waals surface area contributed by atoms with Crippen molar-refractivity contribution in [2.24, 2.45) is 0 Å². The molecule has 0 aliphatic heterocycles. The second kappa shape index (κ2) is 4.44. The van der Waals surface area contributed by atoms with Crippen molar-refractivity contribution in [3.63, 3.8) is 0 Å². The van der Waals surface area contributed by atoms with Crippen LogP contribution in [0.2, 0.25) is 0 Å². The first kappa shape index (κ1) is 11.0. The first-order chi connectivity index (χ1) is 6.68. The van der Waals surface area contributed by atoms with Crippen molar-refractivity contribution < 1.29 is 10.2 Å². The molecule has 0 spiro atoms. The predicted octanol–water partition coefficient (Wildman–Crippen LogP) is 1.21. The van der Waals surface area contributed by atoms with E-state index in [1.807, 2.05) is 26.1 Å². The number of aliphatic hydroxyl groups is 1. The molecule has 0 heterocycles. The van der Waals surface area contributed by atoms with E-state index < -0.39 is 5.54 Å². The van der Waals surface area contributed by atoms with Crippen molar-refractivity contribution in [1.82, 2.24) is 5.32 Å². The third-order valence-electron chi connectivity index (χ3n) is 2.77. The van der Waals surface area contributed by atoms with Crippen LogP contribution in [0, 0.1) is 0 Å². The summed E-state index contributed by atoms with van der Waals surface area (Å²) in [7, 11) is 1.83. The number of phenolic OH excluding ortho intramolecular Hbond substituents is 1. The second-order valence-electron chi connectivity index (χ2n) is 3.39. The van der Waals surface area contributed by atoms with Gasteiger partial charge in [0.15, 0.2) is 0 Å². The van der Waals surface area contributed by atoms with E-state index in [9.17, 15) is 5.11 Å². The number of hydrogen-bond acceptors (Lipinski definition) is 3. The topological polar surface area (TPSA) is 52.5 Å². The Kier molecular flexibility index (Phi) is 3.49. The molecule has 0 radical (unpaired) electrons. The Hall–Kier alpha value is -1.06. The second-order valence-corrected chi connectivity index (χ2v) is 3.39. The number of aliphatic hydroxyl groups excluding tert-OH is 1. The SMILES string of the molecule is CCC(CO)(NC)c1ccc(O)cc1. The average molecular weight is 195 g/mol. The Morgan fingerprint density at radius 2 is 1.86 bits per heavy atom. The predicted molar refractivity (Wildman–Crippen MR) is 56.2 cm³/mol. The van der Waals surface area contributed by atoms with Crippen molar-refractivity contribution in [3.8, 4) is 5.75 Å². The van der Waals surface area contributed by atoms with Crippen molar-refractivity contribution in [1.29, 1.82) is 0 Å². The monoisotopic (exact) mass is 195 g/mol. The van der Waals surface area contributed by atoms with Gasteiger partial charge >= 0.3 is 0 Å². The first-order valence-corrected chi connectivity index (χ1v) is 4.78. The van der Waals surface area contributed by atoms with Gasteiger partial charge in [0.05, 0.1) is 12.1 Å². The highest BCUT2D eigenvalue weighted by Crippen LogP contribution is 2.25. The van der Waals surface area contributed by atoms with Crippen LogP contribution >= 0.6 is 0 Å². The lowest BCUT2D eigenvalue weighted by atomic mass is 9.88. The minimum absolute atomic E-state index is 0.0464. The quantitative estimate of drug-likeness (QED) is 0.677. The molecule has 0 fully saturated rings. The molecule has 14 heavy (non-hydrogen) atoms. The van der Waals surface area contributed by atoms with E-state index in [1.165, 1.54) is 0 Å². The van der Waals surface area contributed by atoms with E-state index >= 15 is 0 Å². The molecule has 1 aromatic carbocycles. The van der Waals surface area contributed by atoms with Crippen LogP contribution in [0.4, 0.5) is 0 Å². The Labute approximate surface area is 84.4 Å². The number of phenols is 1. The minimum Gasteiger partial charge on any atom is -0.508 e. The van der Waals surface area contributed by atoms with Gasteiger partial charge in [-0.2, -0.15) is 0 Å². The fraction of sp³-hybridized carbons (Fsp3) is 0.455. The van der Waals surface area contributed by atoms with Crippen molar-refractivity contribution in [3.05, 3.63) is 29.8 Å². The molecule has 1 aromatic rings. The van der Waals surface area contributed by atoms with Crippen LogP contribution in [-0.4, -0.2) is 23.9 Å². The van der Waals surface area contributed by atoms with Gasteiger partial charge in [-0.15, -0.1) is 0 Å². The molecule has 0 saturated heterocycles. The van der Waals surface area contributed by atoms with E-state index in [-0.39, 0.29) is 12.4 Å². The lowest BCUT2D eigenvalue weighted by Crippen LogP contribution is -2.42. The zero-order chi connectivity index (χ0) is 10.6. The minimum atomic E-state index is -0.395. The molecule has 0 aromatic heterocycles. The highest BCUT2D eigenvalue weighted by molar-refractivity contribution is 5.31. The van der Waals surface area contributed by atoms with Crippen LogP contribution in [0.3, 0.4) is 0 Å². The molecule has 1 atom stereocenters. The van der Waals surface area contributed by atoms with E-state index in [2.05, 4.69) is 5.32 Å². The van der Waals surface area contributed by atoms with Crippen molar-refractivity contribution in [2.45, 2.75) is 18.9 Å². The van der Waals surface area contributed by atoms with E-state index in [0.717, 1.165) is 12.0 Å². The third kappa shape index (κ3) is 1.89. The Bertz CT molecular complexity index is 270. The molecule has 0 aliphatic rings. The van der Waals surface area contributed by atoms with Crippen molar-refractivity contribution in [2.75, 3.05) is 13.7 Å². The summed E-state index contributed by atoms with van der Waals surface area (Å²) in [5.74, 6) is 0.243. The molecule has 3 heteroatoms. The highest BCUT2D eigenvalue weighted by atomic mass is 16.3. The molecule has 0 aliphatic carbocycles. The van der Waals surface area contributed by atoms with Crippen LogP contribution < -0.4 is 5.32 Å². The lowest BCUT2D eigenvalue weighted by Gasteiger charge is -2.30. The van der Waals surface area contributed by atoms with E-state index in [1.54, 1.807) is 12.1 Å². The van der Waals surface area contributed by atoms with Crippen molar-refractivity contribution >= 4 is 0 Å². The number of hydrogen-bond donors (Lipinski definition) is 3. The fourth-order valence-corrected chi connectivity index (χ4v) is 1.59. The highest BCUT2D eigenvalue weighted by Gasteiger charge is 2.27. The maximum atomic E-state index is 9.37. The average Bonchev–Trinajstić information content (AvgIpc) is 2.24. The Balaban J connectivity index is 3.05. The molecule has 0 amide bonds. The Morgan fingerprint density at radius 3 is 2.21 bits per heavy atom. The van der Waals surface area contributed by atoms with Gasteiger partial charge in [0.25, 0.3) is 0 Å². The lowest BCUT2D eigenvalue weighted by molar-refractivity contribution is 0.164.